The number of nitrogens with one attached hydrogen (secondary N) is 1. The van der Waals surface area contributed by atoms with Crippen LogP contribution >= 0.6 is 12.2 Å². The Hall–Kier alpha value is -0.840. The van der Waals surface area contributed by atoms with Crippen LogP contribution in [0.1, 0.15) is 19.8 Å². The summed E-state index contributed by atoms with van der Waals surface area (Å²) >= 11 is 5.02. The highest BCUT2D eigenvalue weighted by Crippen LogP contribution is 2.30. The van der Waals surface area contributed by atoms with Gasteiger partial charge in [-0.15, -0.1) is 0 Å². The molecule has 1 rings (SSSR count). The Labute approximate surface area is 89.8 Å². The van der Waals surface area contributed by atoms with E-state index in [4.69, 9.17) is 18.0 Å². The van der Waals surface area contributed by atoms with Crippen LogP contribution in [-0.2, 0) is 0 Å². The normalized spacial score (nSPS) is 20.3. The molecular weight excluding hydrogens is 198 g/mol. The fraction of sp³-hybridized carbons (Fsp3) is 0.778. The number of urea groups is 1. The van der Waals surface area contributed by atoms with Crippen molar-refractivity contribution in [3.63, 3.8) is 0 Å². The van der Waals surface area contributed by atoms with Gasteiger partial charge >= 0.3 is 6.03 Å². The van der Waals surface area contributed by atoms with E-state index in [1.54, 1.807) is 11.9 Å². The SMILES string of the molecule is CNC(=O)N1CCC(C)(C(N)=S)CC1. The van der Waals surface area contributed by atoms with Crippen LogP contribution < -0.4 is 11.1 Å². The summed E-state index contributed by atoms with van der Waals surface area (Å²) in [5.74, 6) is 0. The number of amides is 2. The molecule has 0 spiro atoms. The van der Waals surface area contributed by atoms with Crippen molar-refractivity contribution < 1.29 is 4.79 Å². The Bertz CT molecular complexity index is 246. The second kappa shape index (κ2) is 4.13. The first-order chi connectivity index (χ1) is 6.49. The predicted molar refractivity (Wildman–Crippen MR) is 60.2 cm³/mol. The number of carbonyl (C=O) groups excluding carboxylic acids is 1. The van der Waals surface area contributed by atoms with Gasteiger partial charge in [0.1, 0.15) is 0 Å². The Morgan fingerprint density at radius 2 is 2.00 bits per heavy atom. The maximum atomic E-state index is 11.3. The van der Waals surface area contributed by atoms with Gasteiger partial charge in [-0.1, -0.05) is 19.1 Å². The van der Waals surface area contributed by atoms with Crippen LogP contribution in [0.15, 0.2) is 0 Å². The van der Waals surface area contributed by atoms with Crippen LogP contribution in [0.5, 0.6) is 0 Å². The Kier molecular flexibility index (Phi) is 3.31. The maximum absolute atomic E-state index is 11.3. The van der Waals surface area contributed by atoms with Gasteiger partial charge in [0, 0.05) is 25.6 Å². The minimum Gasteiger partial charge on any atom is -0.393 e. The summed E-state index contributed by atoms with van der Waals surface area (Å²) in [4.78, 5) is 13.7. The van der Waals surface area contributed by atoms with Gasteiger partial charge in [0.15, 0.2) is 0 Å². The lowest BCUT2D eigenvalue weighted by molar-refractivity contribution is 0.162. The topological polar surface area (TPSA) is 58.4 Å². The van der Waals surface area contributed by atoms with Gasteiger partial charge in [0.25, 0.3) is 0 Å². The average Bonchev–Trinajstić information content (AvgIpc) is 2.17. The standard InChI is InChI=1S/C9H17N3OS/c1-9(7(10)14)3-5-12(6-4-9)8(13)11-2/h3-6H2,1-2H3,(H2,10,14)(H,11,13). The van der Waals surface area contributed by atoms with E-state index in [0.29, 0.717) is 4.99 Å². The van der Waals surface area contributed by atoms with Gasteiger partial charge in [-0.2, -0.15) is 0 Å². The fourth-order valence-electron chi connectivity index (χ4n) is 1.61. The highest BCUT2D eigenvalue weighted by molar-refractivity contribution is 7.80. The average molecular weight is 215 g/mol. The van der Waals surface area contributed by atoms with Gasteiger partial charge in [-0.3, -0.25) is 0 Å². The first-order valence-electron chi connectivity index (χ1n) is 4.76. The largest absolute Gasteiger partial charge is 0.393 e. The third-order valence-electron chi connectivity index (χ3n) is 2.96. The van der Waals surface area contributed by atoms with E-state index in [2.05, 4.69) is 12.2 Å². The van der Waals surface area contributed by atoms with Crippen LogP contribution in [0.4, 0.5) is 4.79 Å². The van der Waals surface area contributed by atoms with Crippen molar-refractivity contribution in [2.45, 2.75) is 19.8 Å². The molecule has 4 nitrogen and oxygen atoms in total. The molecular formula is C9H17N3OS. The van der Waals surface area contributed by atoms with Crippen LogP contribution in [0.2, 0.25) is 0 Å². The molecule has 1 aliphatic rings. The summed E-state index contributed by atoms with van der Waals surface area (Å²) in [5, 5.41) is 2.61. The zero-order valence-corrected chi connectivity index (χ0v) is 9.49. The monoisotopic (exact) mass is 215 g/mol. The molecule has 0 aromatic rings. The van der Waals surface area contributed by atoms with E-state index in [9.17, 15) is 4.79 Å². The van der Waals surface area contributed by atoms with E-state index in [0.717, 1.165) is 25.9 Å². The summed E-state index contributed by atoms with van der Waals surface area (Å²) in [5.41, 5.74) is 5.60. The molecule has 0 bridgehead atoms. The molecule has 0 aromatic carbocycles. The third-order valence-corrected chi connectivity index (χ3v) is 3.46. The molecule has 5 heteroatoms. The van der Waals surface area contributed by atoms with Crippen molar-refractivity contribution in [1.82, 2.24) is 10.2 Å². The summed E-state index contributed by atoms with van der Waals surface area (Å²) in [6.45, 7) is 3.53. The molecule has 1 aliphatic heterocycles. The number of hydrogen-bond acceptors (Lipinski definition) is 2. The number of thiocarbonyl (C=S) groups is 1. The minimum absolute atomic E-state index is 0.0185. The number of nitrogens with zero attached hydrogens (tertiary/aromatic N) is 1. The molecule has 0 aromatic heterocycles. The van der Waals surface area contributed by atoms with E-state index < -0.39 is 0 Å². The Balaban J connectivity index is 2.54. The number of rotatable bonds is 1. The second-order valence-electron chi connectivity index (χ2n) is 3.97. The molecule has 1 fully saturated rings. The van der Waals surface area contributed by atoms with Crippen molar-refractivity contribution in [2.75, 3.05) is 20.1 Å². The van der Waals surface area contributed by atoms with E-state index in [1.165, 1.54) is 0 Å². The highest BCUT2D eigenvalue weighted by atomic mass is 32.1. The van der Waals surface area contributed by atoms with Gasteiger partial charge < -0.3 is 16.0 Å². The third kappa shape index (κ3) is 2.15. The van der Waals surface area contributed by atoms with E-state index in [1.807, 2.05) is 0 Å². The summed E-state index contributed by atoms with van der Waals surface area (Å²) in [7, 11) is 1.64. The molecule has 80 valence electrons. The van der Waals surface area contributed by atoms with E-state index >= 15 is 0 Å². The van der Waals surface area contributed by atoms with Crippen molar-refractivity contribution in [3.8, 4) is 0 Å². The lowest BCUT2D eigenvalue weighted by Crippen LogP contribution is -2.49. The van der Waals surface area contributed by atoms with Gasteiger partial charge in [-0.25, -0.2) is 4.79 Å². The van der Waals surface area contributed by atoms with Gasteiger partial charge in [0.2, 0.25) is 0 Å². The smallest absolute Gasteiger partial charge is 0.317 e. The maximum Gasteiger partial charge on any atom is 0.317 e. The zero-order valence-electron chi connectivity index (χ0n) is 8.67. The molecule has 0 saturated carbocycles. The van der Waals surface area contributed by atoms with E-state index in [-0.39, 0.29) is 11.4 Å². The minimum atomic E-state index is -0.0696. The molecule has 0 atom stereocenters. The van der Waals surface area contributed by atoms with Crippen molar-refractivity contribution in [2.24, 2.45) is 11.1 Å². The molecule has 14 heavy (non-hydrogen) atoms. The predicted octanol–water partition coefficient (Wildman–Crippen LogP) is 0.714. The summed E-state index contributed by atoms with van der Waals surface area (Å²) < 4.78 is 0. The lowest BCUT2D eigenvalue weighted by Gasteiger charge is -2.38. The fourth-order valence-corrected chi connectivity index (χ4v) is 1.81. The van der Waals surface area contributed by atoms with Crippen molar-refractivity contribution >= 4 is 23.2 Å². The van der Waals surface area contributed by atoms with Crippen molar-refractivity contribution in [3.05, 3.63) is 0 Å². The summed E-state index contributed by atoms with van der Waals surface area (Å²) in [6, 6.07) is -0.0185. The molecule has 3 N–H and O–H groups in total. The molecule has 0 radical (unpaired) electrons. The quantitative estimate of drug-likeness (QED) is 0.633. The number of likely N-dealkylation sites (tertiary alicyclic amines) is 1. The first-order valence-corrected chi connectivity index (χ1v) is 5.17. The number of carbonyl (C=O) groups is 1. The van der Waals surface area contributed by atoms with Crippen LogP contribution in [-0.4, -0.2) is 36.1 Å². The first kappa shape index (κ1) is 11.2. The molecule has 1 heterocycles. The molecule has 0 unspecified atom stereocenters. The number of hydrogen-bond donors (Lipinski definition) is 2. The molecule has 1 saturated heterocycles. The zero-order chi connectivity index (χ0) is 10.8. The van der Waals surface area contributed by atoms with Gasteiger partial charge in [0.05, 0.1) is 4.99 Å². The summed E-state index contributed by atoms with van der Waals surface area (Å²) in [6.07, 6.45) is 1.71. The number of piperidine rings is 1. The van der Waals surface area contributed by atoms with Crippen molar-refractivity contribution in [1.29, 1.82) is 0 Å². The van der Waals surface area contributed by atoms with Crippen LogP contribution in [0, 0.1) is 5.41 Å². The molecule has 2 amide bonds. The van der Waals surface area contributed by atoms with Gasteiger partial charge in [-0.05, 0) is 12.8 Å². The Morgan fingerprint density at radius 1 is 1.50 bits per heavy atom. The Morgan fingerprint density at radius 3 is 2.36 bits per heavy atom. The molecule has 0 aliphatic carbocycles. The van der Waals surface area contributed by atoms with Crippen LogP contribution in [0.3, 0.4) is 0 Å². The lowest BCUT2D eigenvalue weighted by atomic mass is 9.80. The van der Waals surface area contributed by atoms with Crippen LogP contribution in [0.25, 0.3) is 0 Å². The number of nitrogens with two attached hydrogens (primary N) is 1. The highest BCUT2D eigenvalue weighted by Gasteiger charge is 2.33. The second-order valence-corrected chi connectivity index (χ2v) is 4.41.